The SMILES string of the molecule is Nc1ccc(C(=O)Cc2ccc(Br)cc2Cl)cc1F. The number of hydrogen-bond acceptors (Lipinski definition) is 2. The Kier molecular flexibility index (Phi) is 4.22. The highest BCUT2D eigenvalue weighted by Gasteiger charge is 2.11. The fourth-order valence-corrected chi connectivity index (χ4v) is 2.38. The molecule has 0 saturated heterocycles. The lowest BCUT2D eigenvalue weighted by Crippen LogP contribution is -2.05. The Hall–Kier alpha value is -1.39. The van der Waals surface area contributed by atoms with Crippen molar-refractivity contribution in [1.29, 1.82) is 0 Å². The van der Waals surface area contributed by atoms with Crippen LogP contribution < -0.4 is 5.73 Å². The second kappa shape index (κ2) is 5.72. The van der Waals surface area contributed by atoms with Crippen LogP contribution in [0.4, 0.5) is 10.1 Å². The van der Waals surface area contributed by atoms with E-state index in [2.05, 4.69) is 15.9 Å². The zero-order chi connectivity index (χ0) is 14.0. The molecule has 0 aliphatic rings. The summed E-state index contributed by atoms with van der Waals surface area (Å²) in [6, 6.07) is 9.31. The van der Waals surface area contributed by atoms with Crippen molar-refractivity contribution < 1.29 is 9.18 Å². The van der Waals surface area contributed by atoms with Gasteiger partial charge >= 0.3 is 0 Å². The van der Waals surface area contributed by atoms with Gasteiger partial charge in [0.2, 0.25) is 0 Å². The Balaban J connectivity index is 2.23. The highest BCUT2D eigenvalue weighted by molar-refractivity contribution is 9.10. The van der Waals surface area contributed by atoms with Crippen molar-refractivity contribution >= 4 is 39.0 Å². The van der Waals surface area contributed by atoms with Crippen molar-refractivity contribution in [2.45, 2.75) is 6.42 Å². The molecule has 0 unspecified atom stereocenters. The average Bonchev–Trinajstić information content (AvgIpc) is 2.36. The van der Waals surface area contributed by atoms with E-state index in [1.807, 2.05) is 0 Å². The van der Waals surface area contributed by atoms with E-state index in [0.717, 1.165) is 10.5 Å². The van der Waals surface area contributed by atoms with Crippen molar-refractivity contribution in [3.05, 3.63) is 62.8 Å². The summed E-state index contributed by atoms with van der Waals surface area (Å²) in [5.41, 5.74) is 6.38. The molecule has 2 aromatic carbocycles. The Labute approximate surface area is 123 Å². The van der Waals surface area contributed by atoms with E-state index in [4.69, 9.17) is 17.3 Å². The monoisotopic (exact) mass is 341 g/mol. The second-order valence-corrected chi connectivity index (χ2v) is 5.39. The van der Waals surface area contributed by atoms with E-state index in [-0.39, 0.29) is 23.5 Å². The van der Waals surface area contributed by atoms with E-state index >= 15 is 0 Å². The minimum absolute atomic E-state index is 0.0261. The summed E-state index contributed by atoms with van der Waals surface area (Å²) < 4.78 is 14.1. The van der Waals surface area contributed by atoms with Gasteiger partial charge in [0.05, 0.1) is 5.69 Å². The number of rotatable bonds is 3. The van der Waals surface area contributed by atoms with Crippen LogP contribution in [0.1, 0.15) is 15.9 Å². The van der Waals surface area contributed by atoms with Crippen molar-refractivity contribution in [2.24, 2.45) is 0 Å². The zero-order valence-electron chi connectivity index (χ0n) is 9.79. The van der Waals surface area contributed by atoms with Gasteiger partial charge in [-0.3, -0.25) is 4.79 Å². The van der Waals surface area contributed by atoms with Gasteiger partial charge in [-0.05, 0) is 35.9 Å². The zero-order valence-corrected chi connectivity index (χ0v) is 12.1. The maximum absolute atomic E-state index is 13.3. The van der Waals surface area contributed by atoms with Crippen molar-refractivity contribution in [3.8, 4) is 0 Å². The summed E-state index contributed by atoms with van der Waals surface area (Å²) in [6.45, 7) is 0. The molecule has 5 heteroatoms. The Morgan fingerprint density at radius 1 is 1.26 bits per heavy atom. The molecule has 2 rings (SSSR count). The van der Waals surface area contributed by atoms with Crippen LogP contribution in [0.25, 0.3) is 0 Å². The van der Waals surface area contributed by atoms with Gasteiger partial charge in [-0.25, -0.2) is 4.39 Å². The number of Topliss-reactive ketones (excluding diaryl/α,β-unsaturated/α-hetero) is 1. The molecular formula is C14H10BrClFNO. The molecule has 0 saturated carbocycles. The Morgan fingerprint density at radius 2 is 2.00 bits per heavy atom. The number of carbonyl (C=O) groups excluding carboxylic acids is 1. The molecule has 0 aliphatic carbocycles. The average molecular weight is 343 g/mol. The quantitative estimate of drug-likeness (QED) is 0.669. The first-order chi connectivity index (χ1) is 8.97. The van der Waals surface area contributed by atoms with Gasteiger partial charge in [0.1, 0.15) is 5.82 Å². The van der Waals surface area contributed by atoms with Crippen LogP contribution in [0.5, 0.6) is 0 Å². The van der Waals surface area contributed by atoms with Gasteiger partial charge < -0.3 is 5.73 Å². The molecule has 0 spiro atoms. The van der Waals surface area contributed by atoms with Crippen molar-refractivity contribution in [3.63, 3.8) is 0 Å². The first-order valence-corrected chi connectivity index (χ1v) is 6.66. The smallest absolute Gasteiger partial charge is 0.167 e. The molecule has 2 N–H and O–H groups in total. The van der Waals surface area contributed by atoms with Crippen LogP contribution in [-0.4, -0.2) is 5.78 Å². The minimum atomic E-state index is -0.590. The van der Waals surface area contributed by atoms with Crippen molar-refractivity contribution in [2.75, 3.05) is 5.73 Å². The van der Waals surface area contributed by atoms with Crippen LogP contribution in [0, 0.1) is 5.82 Å². The molecule has 0 aliphatic heterocycles. The van der Waals surface area contributed by atoms with E-state index in [1.54, 1.807) is 18.2 Å². The lowest BCUT2D eigenvalue weighted by molar-refractivity contribution is 0.0992. The molecule has 0 radical (unpaired) electrons. The summed E-state index contributed by atoms with van der Waals surface area (Å²) >= 11 is 9.33. The van der Waals surface area contributed by atoms with Crippen LogP contribution in [-0.2, 0) is 6.42 Å². The van der Waals surface area contributed by atoms with E-state index in [9.17, 15) is 9.18 Å². The molecular weight excluding hydrogens is 333 g/mol. The molecule has 0 aromatic heterocycles. The molecule has 0 atom stereocenters. The maximum Gasteiger partial charge on any atom is 0.167 e. The van der Waals surface area contributed by atoms with Gasteiger partial charge in [0.15, 0.2) is 5.78 Å². The van der Waals surface area contributed by atoms with E-state index in [0.29, 0.717) is 10.6 Å². The third kappa shape index (κ3) is 3.33. The van der Waals surface area contributed by atoms with Crippen LogP contribution in [0.3, 0.4) is 0 Å². The van der Waals surface area contributed by atoms with E-state index in [1.165, 1.54) is 12.1 Å². The Morgan fingerprint density at radius 3 is 2.63 bits per heavy atom. The van der Waals surface area contributed by atoms with E-state index < -0.39 is 5.82 Å². The standard InChI is InChI=1S/C14H10BrClFNO/c15-10-3-1-8(11(16)7-10)6-14(19)9-2-4-13(18)12(17)5-9/h1-5,7H,6,18H2. The highest BCUT2D eigenvalue weighted by atomic mass is 79.9. The summed E-state index contributed by atoms with van der Waals surface area (Å²) in [5.74, 6) is -0.795. The van der Waals surface area contributed by atoms with Crippen molar-refractivity contribution in [1.82, 2.24) is 0 Å². The van der Waals surface area contributed by atoms with Gasteiger partial charge in [0, 0.05) is 21.5 Å². The first-order valence-electron chi connectivity index (χ1n) is 5.49. The topological polar surface area (TPSA) is 43.1 Å². The fourth-order valence-electron chi connectivity index (χ4n) is 1.64. The van der Waals surface area contributed by atoms with Gasteiger partial charge in [0.25, 0.3) is 0 Å². The number of halogens is 3. The number of nitrogens with two attached hydrogens (primary N) is 1. The van der Waals surface area contributed by atoms with Gasteiger partial charge in [-0.1, -0.05) is 33.6 Å². The number of hydrogen-bond donors (Lipinski definition) is 1. The van der Waals surface area contributed by atoms with Crippen LogP contribution >= 0.6 is 27.5 Å². The summed E-state index contributed by atoms with van der Waals surface area (Å²) in [6.07, 6.45) is 0.121. The number of carbonyl (C=O) groups is 1. The third-order valence-corrected chi connectivity index (χ3v) is 3.53. The fraction of sp³-hybridized carbons (Fsp3) is 0.0714. The predicted octanol–water partition coefficient (Wildman–Crippen LogP) is 4.25. The molecule has 0 bridgehead atoms. The highest BCUT2D eigenvalue weighted by Crippen LogP contribution is 2.23. The number of benzene rings is 2. The van der Waals surface area contributed by atoms with Crippen LogP contribution in [0.15, 0.2) is 40.9 Å². The third-order valence-electron chi connectivity index (χ3n) is 2.69. The molecule has 0 heterocycles. The number of anilines is 1. The maximum atomic E-state index is 13.3. The Bertz CT molecular complexity index is 645. The summed E-state index contributed by atoms with van der Waals surface area (Å²) in [4.78, 5) is 12.0. The number of nitrogen functional groups attached to an aromatic ring is 1. The molecule has 19 heavy (non-hydrogen) atoms. The largest absolute Gasteiger partial charge is 0.396 e. The molecule has 2 nitrogen and oxygen atoms in total. The summed E-state index contributed by atoms with van der Waals surface area (Å²) in [7, 11) is 0. The predicted molar refractivity (Wildman–Crippen MR) is 78.0 cm³/mol. The van der Waals surface area contributed by atoms with Gasteiger partial charge in [-0.15, -0.1) is 0 Å². The number of ketones is 1. The summed E-state index contributed by atoms with van der Waals surface area (Å²) in [5, 5.41) is 0.499. The molecule has 2 aromatic rings. The lowest BCUT2D eigenvalue weighted by Gasteiger charge is -2.05. The molecule has 98 valence electrons. The minimum Gasteiger partial charge on any atom is -0.396 e. The molecule has 0 fully saturated rings. The molecule has 0 amide bonds. The second-order valence-electron chi connectivity index (χ2n) is 4.07. The normalized spacial score (nSPS) is 10.5. The van der Waals surface area contributed by atoms with Gasteiger partial charge in [-0.2, -0.15) is 0 Å². The lowest BCUT2D eigenvalue weighted by atomic mass is 10.0. The van der Waals surface area contributed by atoms with Crippen LogP contribution in [0.2, 0.25) is 5.02 Å². The first kappa shape index (κ1) is 14.0.